The van der Waals surface area contributed by atoms with Gasteiger partial charge in [0.25, 0.3) is 0 Å². The number of carbonyl (C=O) groups is 2. The van der Waals surface area contributed by atoms with Gasteiger partial charge in [-0.05, 0) is 43.5 Å². The van der Waals surface area contributed by atoms with E-state index in [4.69, 9.17) is 4.74 Å². The van der Waals surface area contributed by atoms with E-state index in [9.17, 15) is 9.59 Å². The number of carbonyl (C=O) groups excluding carboxylic acids is 2. The lowest BCUT2D eigenvalue weighted by Crippen LogP contribution is -2.49. The number of nitrogens with one attached hydrogen (secondary N) is 1. The van der Waals surface area contributed by atoms with E-state index in [1.807, 2.05) is 44.2 Å². The third-order valence-electron chi connectivity index (χ3n) is 4.83. The third kappa shape index (κ3) is 7.10. The Hall–Kier alpha value is -2.47. The zero-order valence-corrected chi connectivity index (χ0v) is 19.1. The fraction of sp³-hybridized carbons (Fsp3) is 0.417. The van der Waals surface area contributed by atoms with E-state index < -0.39 is 6.04 Å². The molecule has 2 aromatic carbocycles. The lowest BCUT2D eigenvalue weighted by molar-refractivity contribution is -0.139. The Morgan fingerprint density at radius 3 is 2.43 bits per heavy atom. The Bertz CT molecular complexity index is 823. The van der Waals surface area contributed by atoms with Crippen molar-refractivity contribution in [2.24, 2.45) is 0 Å². The van der Waals surface area contributed by atoms with Crippen LogP contribution in [0, 0.1) is 6.92 Å². The van der Waals surface area contributed by atoms with E-state index in [1.54, 1.807) is 23.8 Å². The van der Waals surface area contributed by atoms with Crippen LogP contribution in [0.3, 0.4) is 0 Å². The summed E-state index contributed by atoms with van der Waals surface area (Å²) in [5.74, 6) is 1.73. The van der Waals surface area contributed by atoms with Crippen molar-refractivity contribution in [2.75, 3.05) is 19.4 Å². The van der Waals surface area contributed by atoms with Gasteiger partial charge in [0.15, 0.2) is 0 Å². The maximum Gasteiger partial charge on any atom is 0.242 e. The number of methoxy groups -OCH3 is 1. The molecule has 0 heterocycles. The van der Waals surface area contributed by atoms with Gasteiger partial charge in [-0.1, -0.05) is 48.9 Å². The zero-order valence-electron chi connectivity index (χ0n) is 18.3. The second-order valence-electron chi connectivity index (χ2n) is 7.17. The molecule has 2 amide bonds. The normalized spacial score (nSPS) is 11.6. The maximum absolute atomic E-state index is 13.1. The van der Waals surface area contributed by atoms with E-state index in [0.717, 1.165) is 17.1 Å². The second-order valence-corrected chi connectivity index (χ2v) is 8.16. The van der Waals surface area contributed by atoms with Crippen molar-refractivity contribution in [3.63, 3.8) is 0 Å². The molecule has 0 radical (unpaired) electrons. The predicted molar refractivity (Wildman–Crippen MR) is 124 cm³/mol. The minimum atomic E-state index is -0.487. The molecule has 162 valence electrons. The van der Waals surface area contributed by atoms with Crippen LogP contribution in [-0.4, -0.2) is 42.2 Å². The van der Waals surface area contributed by atoms with E-state index in [0.29, 0.717) is 25.3 Å². The molecule has 0 saturated carbocycles. The van der Waals surface area contributed by atoms with Gasteiger partial charge in [-0.3, -0.25) is 9.59 Å². The van der Waals surface area contributed by atoms with Crippen LogP contribution in [0.5, 0.6) is 5.75 Å². The molecule has 0 unspecified atom stereocenters. The predicted octanol–water partition coefficient (Wildman–Crippen LogP) is 4.18. The molecule has 0 bridgehead atoms. The molecule has 5 nitrogen and oxygen atoms in total. The highest BCUT2D eigenvalue weighted by atomic mass is 32.2. The lowest BCUT2D eigenvalue weighted by Gasteiger charge is -2.30. The van der Waals surface area contributed by atoms with Crippen molar-refractivity contribution < 1.29 is 14.3 Å². The summed E-state index contributed by atoms with van der Waals surface area (Å²) in [6.07, 6.45) is 0.566. The number of rotatable bonds is 11. The van der Waals surface area contributed by atoms with Crippen molar-refractivity contribution in [1.82, 2.24) is 10.2 Å². The Labute approximate surface area is 184 Å². The molecule has 0 spiro atoms. The van der Waals surface area contributed by atoms with Gasteiger partial charge >= 0.3 is 0 Å². The molecule has 0 saturated heterocycles. The fourth-order valence-electron chi connectivity index (χ4n) is 3.28. The van der Waals surface area contributed by atoms with Crippen LogP contribution >= 0.6 is 11.8 Å². The summed E-state index contributed by atoms with van der Waals surface area (Å²) >= 11 is 1.58. The average Bonchev–Trinajstić information content (AvgIpc) is 2.74. The largest absolute Gasteiger partial charge is 0.497 e. The second kappa shape index (κ2) is 12.3. The van der Waals surface area contributed by atoms with Crippen molar-refractivity contribution >= 4 is 23.6 Å². The average molecular weight is 429 g/mol. The minimum Gasteiger partial charge on any atom is -0.497 e. The van der Waals surface area contributed by atoms with E-state index in [-0.39, 0.29) is 11.8 Å². The summed E-state index contributed by atoms with van der Waals surface area (Å²) in [5, 5.41) is 2.86. The molecule has 0 aliphatic carbocycles. The van der Waals surface area contributed by atoms with Crippen LogP contribution in [0.1, 0.15) is 37.0 Å². The van der Waals surface area contributed by atoms with E-state index in [2.05, 4.69) is 30.4 Å². The Kier molecular flexibility index (Phi) is 9.74. The highest BCUT2D eigenvalue weighted by Crippen LogP contribution is 2.19. The van der Waals surface area contributed by atoms with E-state index >= 15 is 0 Å². The summed E-state index contributed by atoms with van der Waals surface area (Å²) in [4.78, 5) is 27.5. The van der Waals surface area contributed by atoms with Crippen LogP contribution in [0.15, 0.2) is 48.5 Å². The van der Waals surface area contributed by atoms with Crippen molar-refractivity contribution in [2.45, 2.75) is 45.5 Å². The van der Waals surface area contributed by atoms with Crippen molar-refractivity contribution in [3.05, 3.63) is 65.2 Å². The first kappa shape index (κ1) is 23.8. The molecule has 6 heteroatoms. The number of ether oxygens (including phenoxy) is 1. The van der Waals surface area contributed by atoms with Gasteiger partial charge < -0.3 is 15.0 Å². The number of amides is 2. The van der Waals surface area contributed by atoms with Gasteiger partial charge in [-0.25, -0.2) is 0 Å². The molecule has 2 aromatic rings. The van der Waals surface area contributed by atoms with Gasteiger partial charge in [0, 0.05) is 18.8 Å². The smallest absolute Gasteiger partial charge is 0.242 e. The van der Waals surface area contributed by atoms with Crippen LogP contribution in [0.2, 0.25) is 0 Å². The van der Waals surface area contributed by atoms with Gasteiger partial charge in [-0.15, -0.1) is 11.8 Å². The molecule has 30 heavy (non-hydrogen) atoms. The molecular formula is C24H32N2O3S. The molecule has 0 aliphatic heterocycles. The van der Waals surface area contributed by atoms with Crippen LogP contribution in [-0.2, 0) is 21.9 Å². The number of aryl methyl sites for hydroxylation is 1. The SMILES string of the molecule is CCNC(=O)[C@@H](CC)N(Cc1ccc(OC)cc1)C(=O)CSCc1cccc(C)c1. The molecule has 2 rings (SSSR count). The lowest BCUT2D eigenvalue weighted by atomic mass is 10.1. The number of hydrogen-bond acceptors (Lipinski definition) is 4. The molecule has 0 fully saturated rings. The third-order valence-corrected chi connectivity index (χ3v) is 5.81. The Morgan fingerprint density at radius 1 is 1.10 bits per heavy atom. The fourth-order valence-corrected chi connectivity index (χ4v) is 4.14. The first-order chi connectivity index (χ1) is 14.5. The summed E-state index contributed by atoms with van der Waals surface area (Å²) in [6.45, 7) is 6.83. The van der Waals surface area contributed by atoms with Gasteiger partial charge in [0.1, 0.15) is 11.8 Å². The Morgan fingerprint density at radius 2 is 1.83 bits per heavy atom. The first-order valence-electron chi connectivity index (χ1n) is 10.3. The van der Waals surface area contributed by atoms with Gasteiger partial charge in [0.2, 0.25) is 11.8 Å². The topological polar surface area (TPSA) is 58.6 Å². The summed E-state index contributed by atoms with van der Waals surface area (Å²) in [6, 6.07) is 15.4. The number of thioether (sulfide) groups is 1. The van der Waals surface area contributed by atoms with Gasteiger partial charge in [-0.2, -0.15) is 0 Å². The number of likely N-dealkylation sites (N-methyl/N-ethyl adjacent to an activating group) is 1. The number of benzene rings is 2. The molecule has 0 aliphatic rings. The maximum atomic E-state index is 13.1. The quantitative estimate of drug-likeness (QED) is 0.583. The molecule has 1 atom stereocenters. The molecule has 1 N–H and O–H groups in total. The summed E-state index contributed by atoms with van der Waals surface area (Å²) in [5.41, 5.74) is 3.38. The highest BCUT2D eigenvalue weighted by molar-refractivity contribution is 7.99. The zero-order chi connectivity index (χ0) is 21.9. The molecule has 0 aromatic heterocycles. The highest BCUT2D eigenvalue weighted by Gasteiger charge is 2.28. The molecular weight excluding hydrogens is 396 g/mol. The van der Waals surface area contributed by atoms with Crippen LogP contribution < -0.4 is 10.1 Å². The van der Waals surface area contributed by atoms with E-state index in [1.165, 1.54) is 11.1 Å². The van der Waals surface area contributed by atoms with Crippen molar-refractivity contribution in [1.29, 1.82) is 0 Å². The number of nitrogens with zero attached hydrogens (tertiary/aromatic N) is 1. The van der Waals surface area contributed by atoms with Crippen LogP contribution in [0.25, 0.3) is 0 Å². The minimum absolute atomic E-state index is 0.0263. The van der Waals surface area contributed by atoms with Gasteiger partial charge in [0.05, 0.1) is 12.9 Å². The monoisotopic (exact) mass is 428 g/mol. The standard InChI is InChI=1S/C24H32N2O3S/c1-5-22(24(28)25-6-2)26(15-19-10-12-21(29-4)13-11-19)23(27)17-30-16-20-9-7-8-18(3)14-20/h7-14,22H,5-6,15-17H2,1-4H3,(H,25,28)/t22-/m1/s1. The Balaban J connectivity index is 2.11. The summed E-state index contributed by atoms with van der Waals surface area (Å²) < 4.78 is 5.22. The number of hydrogen-bond donors (Lipinski definition) is 1. The van der Waals surface area contributed by atoms with Crippen LogP contribution in [0.4, 0.5) is 0 Å². The summed E-state index contributed by atoms with van der Waals surface area (Å²) in [7, 11) is 1.62. The van der Waals surface area contributed by atoms with Crippen molar-refractivity contribution in [3.8, 4) is 5.75 Å². The first-order valence-corrected chi connectivity index (χ1v) is 11.5.